The summed E-state index contributed by atoms with van der Waals surface area (Å²) in [7, 11) is -3.61. The lowest BCUT2D eigenvalue weighted by atomic mass is 10.1. The molecule has 0 radical (unpaired) electrons. The van der Waals surface area contributed by atoms with Gasteiger partial charge in [0.1, 0.15) is 0 Å². The number of sulfonamides is 1. The van der Waals surface area contributed by atoms with Crippen molar-refractivity contribution in [1.29, 1.82) is 0 Å². The number of benzene rings is 1. The highest BCUT2D eigenvalue weighted by molar-refractivity contribution is 7.89. The average molecular weight is 316 g/mol. The molecule has 0 aliphatic heterocycles. The SMILES string of the molecule is Cc1c(CNS(=O)(=O)CCCC(=O)O)cccc1[N+](=O)[O-]. The number of nitrogens with zero attached hydrogens (tertiary/aromatic N) is 1. The number of hydrogen-bond donors (Lipinski definition) is 2. The number of rotatable bonds is 8. The predicted molar refractivity (Wildman–Crippen MR) is 75.3 cm³/mol. The Morgan fingerprint density at radius 2 is 2.10 bits per heavy atom. The fourth-order valence-corrected chi connectivity index (χ4v) is 2.78. The van der Waals surface area contributed by atoms with E-state index in [2.05, 4.69) is 4.72 Å². The molecule has 21 heavy (non-hydrogen) atoms. The predicted octanol–water partition coefficient (Wildman–Crippen LogP) is 1.19. The zero-order valence-corrected chi connectivity index (χ0v) is 12.2. The fraction of sp³-hybridized carbons (Fsp3) is 0.417. The minimum Gasteiger partial charge on any atom is -0.481 e. The van der Waals surface area contributed by atoms with Crippen LogP contribution in [0.2, 0.25) is 0 Å². The Bertz CT molecular complexity index is 641. The van der Waals surface area contributed by atoms with E-state index in [4.69, 9.17) is 5.11 Å². The van der Waals surface area contributed by atoms with Crippen molar-refractivity contribution in [3.05, 3.63) is 39.4 Å². The molecule has 1 aromatic rings. The molecule has 0 aliphatic carbocycles. The lowest BCUT2D eigenvalue weighted by Gasteiger charge is -2.08. The molecule has 0 amide bonds. The number of carbonyl (C=O) groups is 1. The molecule has 0 aromatic heterocycles. The lowest BCUT2D eigenvalue weighted by molar-refractivity contribution is -0.385. The molecular weight excluding hydrogens is 300 g/mol. The van der Waals surface area contributed by atoms with Crippen LogP contribution >= 0.6 is 0 Å². The van der Waals surface area contributed by atoms with Gasteiger partial charge < -0.3 is 5.11 Å². The largest absolute Gasteiger partial charge is 0.481 e. The monoisotopic (exact) mass is 316 g/mol. The third-order valence-electron chi connectivity index (χ3n) is 2.90. The van der Waals surface area contributed by atoms with Crippen LogP contribution in [-0.2, 0) is 21.4 Å². The maximum absolute atomic E-state index is 11.7. The summed E-state index contributed by atoms with van der Waals surface area (Å²) in [6.07, 6.45) is -0.213. The van der Waals surface area contributed by atoms with E-state index < -0.39 is 20.9 Å². The first kappa shape index (κ1) is 17.1. The summed E-state index contributed by atoms with van der Waals surface area (Å²) in [6, 6.07) is 4.43. The van der Waals surface area contributed by atoms with E-state index >= 15 is 0 Å². The van der Waals surface area contributed by atoms with Crippen LogP contribution < -0.4 is 4.72 Å². The summed E-state index contributed by atoms with van der Waals surface area (Å²) in [6.45, 7) is 1.48. The molecule has 0 saturated carbocycles. The highest BCUT2D eigenvalue weighted by Crippen LogP contribution is 2.21. The third kappa shape index (κ3) is 5.48. The van der Waals surface area contributed by atoms with Crippen molar-refractivity contribution < 1.29 is 23.2 Å². The third-order valence-corrected chi connectivity index (χ3v) is 4.31. The summed E-state index contributed by atoms with van der Waals surface area (Å²) in [5.74, 6) is -1.35. The number of nitrogens with one attached hydrogen (secondary N) is 1. The van der Waals surface area contributed by atoms with Crippen LogP contribution in [0.15, 0.2) is 18.2 Å². The van der Waals surface area contributed by atoms with Crippen LogP contribution in [0.25, 0.3) is 0 Å². The molecule has 0 bridgehead atoms. The van der Waals surface area contributed by atoms with E-state index in [-0.39, 0.29) is 30.8 Å². The van der Waals surface area contributed by atoms with Crippen LogP contribution in [0.5, 0.6) is 0 Å². The van der Waals surface area contributed by atoms with Crippen LogP contribution in [-0.4, -0.2) is 30.2 Å². The molecule has 0 saturated heterocycles. The standard InChI is InChI=1S/C12H16N2O6S/c1-9-10(4-2-5-11(9)14(17)18)8-13-21(19,20)7-3-6-12(15)16/h2,4-5,13H,3,6-8H2,1H3,(H,15,16). The normalized spacial score (nSPS) is 11.3. The topological polar surface area (TPSA) is 127 Å². The van der Waals surface area contributed by atoms with Crippen molar-refractivity contribution in [2.75, 3.05) is 5.75 Å². The molecule has 0 aliphatic rings. The van der Waals surface area contributed by atoms with Gasteiger partial charge in [0.25, 0.3) is 5.69 Å². The van der Waals surface area contributed by atoms with Gasteiger partial charge in [-0.05, 0) is 18.9 Å². The number of hydrogen-bond acceptors (Lipinski definition) is 5. The zero-order chi connectivity index (χ0) is 16.0. The summed E-state index contributed by atoms with van der Waals surface area (Å²) in [4.78, 5) is 20.6. The van der Waals surface area contributed by atoms with Crippen LogP contribution in [0.3, 0.4) is 0 Å². The van der Waals surface area contributed by atoms with Gasteiger partial charge in [-0.1, -0.05) is 12.1 Å². The fourth-order valence-electron chi connectivity index (χ4n) is 1.73. The molecular formula is C12H16N2O6S. The number of carboxylic acid groups (broad SMARTS) is 1. The number of nitro benzene ring substituents is 1. The second-order valence-electron chi connectivity index (χ2n) is 4.46. The van der Waals surface area contributed by atoms with Gasteiger partial charge in [0, 0.05) is 24.6 Å². The van der Waals surface area contributed by atoms with Crippen molar-refractivity contribution in [2.24, 2.45) is 0 Å². The first-order chi connectivity index (χ1) is 9.73. The average Bonchev–Trinajstić information content (AvgIpc) is 2.36. The maximum Gasteiger partial charge on any atom is 0.303 e. The Labute approximate surface area is 122 Å². The first-order valence-electron chi connectivity index (χ1n) is 6.15. The smallest absolute Gasteiger partial charge is 0.303 e. The molecule has 9 heteroatoms. The van der Waals surface area contributed by atoms with E-state index in [1.54, 1.807) is 13.0 Å². The number of aliphatic carboxylic acids is 1. The van der Waals surface area contributed by atoms with E-state index in [9.17, 15) is 23.3 Å². The molecule has 0 unspecified atom stereocenters. The van der Waals surface area contributed by atoms with Crippen LogP contribution in [0, 0.1) is 17.0 Å². The molecule has 0 spiro atoms. The van der Waals surface area contributed by atoms with E-state index in [0.29, 0.717) is 11.1 Å². The lowest BCUT2D eigenvalue weighted by Crippen LogP contribution is -2.26. The Kier molecular flexibility index (Phi) is 5.79. The van der Waals surface area contributed by atoms with E-state index in [1.807, 2.05) is 0 Å². The molecule has 1 rings (SSSR count). The molecule has 2 N–H and O–H groups in total. The van der Waals surface area contributed by atoms with Crippen molar-refractivity contribution in [3.63, 3.8) is 0 Å². The van der Waals surface area contributed by atoms with Gasteiger partial charge in [0.05, 0.1) is 10.7 Å². The van der Waals surface area contributed by atoms with E-state index in [0.717, 1.165) is 0 Å². The Hall–Kier alpha value is -2.00. The van der Waals surface area contributed by atoms with Gasteiger partial charge in [-0.15, -0.1) is 0 Å². The first-order valence-corrected chi connectivity index (χ1v) is 7.80. The summed E-state index contributed by atoms with van der Waals surface area (Å²) in [5.41, 5.74) is 0.833. The van der Waals surface area contributed by atoms with Gasteiger partial charge in [-0.3, -0.25) is 14.9 Å². The maximum atomic E-state index is 11.7. The van der Waals surface area contributed by atoms with Crippen LogP contribution in [0.1, 0.15) is 24.0 Å². The minimum absolute atomic E-state index is 0.0125. The molecule has 116 valence electrons. The Balaban J connectivity index is 2.69. The van der Waals surface area contributed by atoms with Gasteiger partial charge in [-0.25, -0.2) is 13.1 Å². The molecule has 0 atom stereocenters. The van der Waals surface area contributed by atoms with Gasteiger partial charge in [-0.2, -0.15) is 0 Å². The van der Waals surface area contributed by atoms with Crippen molar-refractivity contribution in [1.82, 2.24) is 4.72 Å². The number of carboxylic acids is 1. The summed E-state index contributed by atoms with van der Waals surface area (Å²) >= 11 is 0. The van der Waals surface area contributed by atoms with Gasteiger partial charge >= 0.3 is 5.97 Å². The second-order valence-corrected chi connectivity index (χ2v) is 6.38. The van der Waals surface area contributed by atoms with Gasteiger partial charge in [0.2, 0.25) is 10.0 Å². The molecule has 1 aromatic carbocycles. The summed E-state index contributed by atoms with van der Waals surface area (Å²) < 4.78 is 25.7. The van der Waals surface area contributed by atoms with Crippen molar-refractivity contribution in [3.8, 4) is 0 Å². The van der Waals surface area contributed by atoms with Crippen molar-refractivity contribution >= 4 is 21.7 Å². The van der Waals surface area contributed by atoms with E-state index in [1.165, 1.54) is 12.1 Å². The molecule has 0 heterocycles. The quantitative estimate of drug-likeness (QED) is 0.548. The van der Waals surface area contributed by atoms with Crippen molar-refractivity contribution in [2.45, 2.75) is 26.3 Å². The Morgan fingerprint density at radius 1 is 1.43 bits per heavy atom. The molecule has 8 nitrogen and oxygen atoms in total. The van der Waals surface area contributed by atoms with Crippen LogP contribution in [0.4, 0.5) is 5.69 Å². The zero-order valence-electron chi connectivity index (χ0n) is 11.4. The highest BCUT2D eigenvalue weighted by Gasteiger charge is 2.15. The second kappa shape index (κ2) is 7.14. The molecule has 0 fully saturated rings. The number of nitro groups is 1. The van der Waals surface area contributed by atoms with Gasteiger partial charge in [0.15, 0.2) is 0 Å². The highest BCUT2D eigenvalue weighted by atomic mass is 32.2. The summed E-state index contributed by atoms with van der Waals surface area (Å²) in [5, 5.41) is 19.2. The minimum atomic E-state index is -3.61. The Morgan fingerprint density at radius 3 is 2.67 bits per heavy atom.